The molecule has 1 amide bonds. The van der Waals surface area contributed by atoms with Crippen LogP contribution in [0.15, 0.2) is 34.7 Å². The lowest BCUT2D eigenvalue weighted by molar-refractivity contribution is 0.0916. The van der Waals surface area contributed by atoms with Gasteiger partial charge in [0.25, 0.3) is 5.91 Å². The number of methoxy groups -OCH3 is 1. The van der Waals surface area contributed by atoms with Crippen LogP contribution in [0.2, 0.25) is 0 Å². The maximum atomic E-state index is 12.6. The number of sulfone groups is 1. The number of nitrogens with one attached hydrogen (secondary N) is 1. The third-order valence-corrected chi connectivity index (χ3v) is 7.57. The molecule has 9 heteroatoms. The van der Waals surface area contributed by atoms with Crippen LogP contribution >= 0.6 is 11.3 Å². The first kappa shape index (κ1) is 20.8. The third-order valence-electron chi connectivity index (χ3n) is 4.95. The molecule has 0 bridgehead atoms. The first-order chi connectivity index (χ1) is 13.4. The molecule has 2 heterocycles. The highest BCUT2D eigenvalue weighted by Crippen LogP contribution is 2.19. The molecular formula is C19H25N3O4S2. The first-order valence-electron chi connectivity index (χ1n) is 9.19. The Bertz CT molecular complexity index is 919. The van der Waals surface area contributed by atoms with E-state index in [1.54, 1.807) is 29.8 Å². The molecule has 28 heavy (non-hydrogen) atoms. The van der Waals surface area contributed by atoms with Gasteiger partial charge < -0.3 is 15.0 Å². The molecule has 0 atom stereocenters. The summed E-state index contributed by atoms with van der Waals surface area (Å²) in [6, 6.07) is 6.68. The molecule has 0 spiro atoms. The van der Waals surface area contributed by atoms with Crippen molar-refractivity contribution >= 4 is 27.1 Å². The third kappa shape index (κ3) is 5.09. The number of piperidine rings is 1. The summed E-state index contributed by atoms with van der Waals surface area (Å²) in [6.07, 6.45) is 1.62. The highest BCUT2D eigenvalue weighted by Gasteiger charge is 2.24. The Balaban J connectivity index is 1.47. The molecule has 0 aliphatic carbocycles. The average Bonchev–Trinajstić information content (AvgIpc) is 3.13. The summed E-state index contributed by atoms with van der Waals surface area (Å²) >= 11 is 1.35. The minimum atomic E-state index is -3.36. The fraction of sp³-hybridized carbons (Fsp3) is 0.474. The van der Waals surface area contributed by atoms with Crippen LogP contribution in [0.1, 0.15) is 28.2 Å². The minimum Gasteiger partial charge on any atom is -0.497 e. The predicted molar refractivity (Wildman–Crippen MR) is 109 cm³/mol. The largest absolute Gasteiger partial charge is 0.497 e. The molecule has 2 aromatic rings. The summed E-state index contributed by atoms with van der Waals surface area (Å²) in [6.45, 7) is 3.84. The van der Waals surface area contributed by atoms with Crippen molar-refractivity contribution in [1.82, 2.24) is 15.2 Å². The molecule has 0 saturated carbocycles. The maximum absolute atomic E-state index is 12.6. The van der Waals surface area contributed by atoms with Crippen molar-refractivity contribution in [3.05, 3.63) is 40.3 Å². The number of hydrogen-bond acceptors (Lipinski definition) is 7. The molecule has 3 rings (SSSR count). The summed E-state index contributed by atoms with van der Waals surface area (Å²) in [5, 5.41) is 3.07. The van der Waals surface area contributed by atoms with Gasteiger partial charge in [-0.15, -0.1) is 11.3 Å². The number of carbonyl (C=O) groups is 1. The van der Waals surface area contributed by atoms with Crippen LogP contribution in [0, 0.1) is 6.92 Å². The molecule has 152 valence electrons. The molecule has 1 fully saturated rings. The number of benzene rings is 1. The topological polar surface area (TPSA) is 88.6 Å². The summed E-state index contributed by atoms with van der Waals surface area (Å²) in [5.74, 6) is 0.532. The molecule has 1 aromatic carbocycles. The molecule has 1 saturated heterocycles. The summed E-state index contributed by atoms with van der Waals surface area (Å²) in [5.41, 5.74) is 2.43. The lowest BCUT2D eigenvalue weighted by Gasteiger charge is -2.32. The van der Waals surface area contributed by atoms with Crippen LogP contribution in [0.25, 0.3) is 0 Å². The Labute approximate surface area is 169 Å². The van der Waals surface area contributed by atoms with Crippen molar-refractivity contribution in [2.45, 2.75) is 30.7 Å². The fourth-order valence-corrected chi connectivity index (χ4v) is 5.25. The normalized spacial score (nSPS) is 16.1. The maximum Gasteiger partial charge on any atom is 0.263 e. The van der Waals surface area contributed by atoms with Crippen LogP contribution < -0.4 is 10.1 Å². The number of carbonyl (C=O) groups excluding carboxylic acids is 1. The number of thiazole rings is 1. The zero-order valence-corrected chi connectivity index (χ0v) is 17.7. The van der Waals surface area contributed by atoms with Gasteiger partial charge in [-0.2, -0.15) is 0 Å². The van der Waals surface area contributed by atoms with Gasteiger partial charge in [0.1, 0.15) is 10.6 Å². The van der Waals surface area contributed by atoms with Crippen LogP contribution in [-0.2, 0) is 9.84 Å². The zero-order valence-electron chi connectivity index (χ0n) is 16.1. The highest BCUT2D eigenvalue weighted by atomic mass is 32.2. The second-order valence-electron chi connectivity index (χ2n) is 6.85. The monoisotopic (exact) mass is 423 g/mol. The second-order valence-corrected chi connectivity index (χ2v) is 9.82. The molecular weight excluding hydrogens is 398 g/mol. The molecule has 0 unspecified atom stereocenters. The van der Waals surface area contributed by atoms with Gasteiger partial charge in [-0.05, 0) is 38.0 Å². The highest BCUT2D eigenvalue weighted by molar-refractivity contribution is 7.91. The van der Waals surface area contributed by atoms with Crippen LogP contribution in [0.3, 0.4) is 0 Å². The van der Waals surface area contributed by atoms with Crippen molar-refractivity contribution in [3.63, 3.8) is 0 Å². The van der Waals surface area contributed by atoms with Gasteiger partial charge >= 0.3 is 0 Å². The number of aryl methyl sites for hydroxylation is 1. The van der Waals surface area contributed by atoms with Crippen molar-refractivity contribution < 1.29 is 17.9 Å². The van der Waals surface area contributed by atoms with E-state index in [4.69, 9.17) is 4.74 Å². The van der Waals surface area contributed by atoms with E-state index >= 15 is 0 Å². The Morgan fingerprint density at radius 1 is 1.36 bits per heavy atom. The number of ether oxygens (including phenoxy) is 1. The van der Waals surface area contributed by atoms with Gasteiger partial charge in [-0.1, -0.05) is 6.07 Å². The van der Waals surface area contributed by atoms with Gasteiger partial charge in [-0.25, -0.2) is 13.4 Å². The predicted octanol–water partition coefficient (Wildman–Crippen LogP) is 2.13. The minimum absolute atomic E-state index is 0.0667. The Kier molecular flexibility index (Phi) is 6.69. The SMILES string of the molecule is COc1cccc(S(=O)(=O)CCN2CCC(NC(=O)c3scnc3C)CC2)c1. The standard InChI is InChI=1S/C19H25N3O4S2/c1-14-18(27-13-20-14)19(23)21-15-6-8-22(9-7-15)10-11-28(24,25)17-5-3-4-16(12-17)26-2/h3-5,12-13,15H,6-11H2,1-2H3,(H,21,23). The van der Waals surface area contributed by atoms with E-state index in [1.165, 1.54) is 18.4 Å². The van der Waals surface area contributed by atoms with Gasteiger partial charge in [0, 0.05) is 25.7 Å². The van der Waals surface area contributed by atoms with E-state index in [9.17, 15) is 13.2 Å². The van der Waals surface area contributed by atoms with Gasteiger partial charge in [0.2, 0.25) is 0 Å². The van der Waals surface area contributed by atoms with E-state index in [2.05, 4.69) is 15.2 Å². The number of aromatic nitrogens is 1. The summed E-state index contributed by atoms with van der Waals surface area (Å²) in [4.78, 5) is 19.5. The van der Waals surface area contributed by atoms with Crippen molar-refractivity contribution in [3.8, 4) is 5.75 Å². The second kappa shape index (κ2) is 9.02. The van der Waals surface area contributed by atoms with E-state index in [1.807, 2.05) is 6.92 Å². The zero-order chi connectivity index (χ0) is 20.1. The van der Waals surface area contributed by atoms with E-state index in [-0.39, 0.29) is 22.6 Å². The van der Waals surface area contributed by atoms with Gasteiger partial charge in [0.15, 0.2) is 9.84 Å². The van der Waals surface area contributed by atoms with Crippen molar-refractivity contribution in [2.75, 3.05) is 32.5 Å². The molecule has 7 nitrogen and oxygen atoms in total. The van der Waals surface area contributed by atoms with Crippen LogP contribution in [-0.4, -0.2) is 62.7 Å². The quantitative estimate of drug-likeness (QED) is 0.734. The first-order valence-corrected chi connectivity index (χ1v) is 11.7. The Hall–Kier alpha value is -1.97. The van der Waals surface area contributed by atoms with Crippen LogP contribution in [0.5, 0.6) is 5.75 Å². The van der Waals surface area contributed by atoms with E-state index in [0.29, 0.717) is 17.2 Å². The molecule has 1 N–H and O–H groups in total. The average molecular weight is 424 g/mol. The molecule has 0 radical (unpaired) electrons. The number of nitrogens with zero attached hydrogens (tertiary/aromatic N) is 2. The fourth-order valence-electron chi connectivity index (χ4n) is 3.23. The number of likely N-dealkylation sites (tertiary alicyclic amines) is 1. The smallest absolute Gasteiger partial charge is 0.263 e. The summed E-state index contributed by atoms with van der Waals surface area (Å²) in [7, 11) is -1.84. The van der Waals surface area contributed by atoms with Crippen LogP contribution in [0.4, 0.5) is 0 Å². The van der Waals surface area contributed by atoms with Gasteiger partial charge in [-0.3, -0.25) is 4.79 Å². The Morgan fingerprint density at radius 3 is 2.75 bits per heavy atom. The van der Waals surface area contributed by atoms with E-state index in [0.717, 1.165) is 31.6 Å². The molecule has 1 aliphatic heterocycles. The Morgan fingerprint density at radius 2 is 2.11 bits per heavy atom. The number of amides is 1. The van der Waals surface area contributed by atoms with Crippen molar-refractivity contribution in [2.24, 2.45) is 0 Å². The van der Waals surface area contributed by atoms with Gasteiger partial charge in [0.05, 0.1) is 29.0 Å². The van der Waals surface area contributed by atoms with E-state index < -0.39 is 9.84 Å². The lowest BCUT2D eigenvalue weighted by Crippen LogP contribution is -2.45. The summed E-state index contributed by atoms with van der Waals surface area (Å²) < 4.78 is 30.3. The van der Waals surface area contributed by atoms with Crippen molar-refractivity contribution in [1.29, 1.82) is 0 Å². The number of rotatable bonds is 7. The number of hydrogen-bond donors (Lipinski definition) is 1. The molecule has 1 aliphatic rings. The molecule has 1 aromatic heterocycles. The lowest BCUT2D eigenvalue weighted by atomic mass is 10.1.